The lowest BCUT2D eigenvalue weighted by atomic mass is 10.2. The highest BCUT2D eigenvalue weighted by Crippen LogP contribution is 2.33. The molecule has 0 aromatic carbocycles. The highest BCUT2D eigenvalue weighted by molar-refractivity contribution is 5.79. The Kier molecular flexibility index (Phi) is 12.0. The maximum Gasteiger partial charge on any atom is 0.419 e. The molecule has 0 atom stereocenters. The summed E-state index contributed by atoms with van der Waals surface area (Å²) in [7, 11) is 1.62. The monoisotopic (exact) mass is 405 g/mol. The van der Waals surface area contributed by atoms with E-state index in [9.17, 15) is 13.2 Å². The highest BCUT2D eigenvalue weighted by atomic mass is 19.4. The van der Waals surface area contributed by atoms with Crippen LogP contribution >= 0.6 is 0 Å². The number of hydrogen-bond donors (Lipinski definition) is 3. The second-order valence-corrected chi connectivity index (χ2v) is 5.83. The van der Waals surface area contributed by atoms with Crippen LogP contribution in [0.3, 0.4) is 0 Å². The molecule has 28 heavy (non-hydrogen) atoms. The van der Waals surface area contributed by atoms with Gasteiger partial charge in [-0.25, -0.2) is 4.98 Å². The van der Waals surface area contributed by atoms with Gasteiger partial charge >= 0.3 is 6.18 Å². The number of aliphatic imine (C=N–C) groups is 1. The van der Waals surface area contributed by atoms with Crippen molar-refractivity contribution in [3.8, 4) is 0 Å². The molecule has 0 aliphatic heterocycles. The SMILES string of the molecule is CCCCOCCOCCNC(=NC)NCCNc1ncccc1C(F)(F)F. The van der Waals surface area contributed by atoms with Crippen LogP contribution in [-0.4, -0.2) is 64.1 Å². The molecule has 0 unspecified atom stereocenters. The molecule has 1 rings (SSSR count). The molecule has 0 spiro atoms. The number of unbranched alkanes of at least 4 members (excludes halogenated alkanes) is 1. The quantitative estimate of drug-likeness (QED) is 0.266. The Bertz CT molecular complexity index is 570. The Morgan fingerprint density at radius 3 is 2.46 bits per heavy atom. The zero-order chi connectivity index (χ0) is 20.7. The van der Waals surface area contributed by atoms with Gasteiger partial charge in [-0.1, -0.05) is 13.3 Å². The minimum atomic E-state index is -4.44. The second-order valence-electron chi connectivity index (χ2n) is 5.83. The Hall–Kier alpha value is -2.07. The van der Waals surface area contributed by atoms with Crippen molar-refractivity contribution in [2.45, 2.75) is 25.9 Å². The van der Waals surface area contributed by atoms with Crippen LogP contribution in [0.4, 0.5) is 19.0 Å². The van der Waals surface area contributed by atoms with Gasteiger partial charge in [-0.05, 0) is 18.6 Å². The zero-order valence-corrected chi connectivity index (χ0v) is 16.4. The fourth-order valence-electron chi connectivity index (χ4n) is 2.17. The first-order valence-electron chi connectivity index (χ1n) is 9.35. The predicted octanol–water partition coefficient (Wildman–Crippen LogP) is 2.51. The van der Waals surface area contributed by atoms with E-state index in [0.29, 0.717) is 38.9 Å². The summed E-state index contributed by atoms with van der Waals surface area (Å²) in [6.45, 7) is 5.66. The third-order valence-corrected chi connectivity index (χ3v) is 3.60. The Morgan fingerprint density at radius 1 is 1.07 bits per heavy atom. The van der Waals surface area contributed by atoms with E-state index in [2.05, 4.69) is 32.9 Å². The van der Waals surface area contributed by atoms with Gasteiger partial charge in [0.2, 0.25) is 0 Å². The lowest BCUT2D eigenvalue weighted by Crippen LogP contribution is -2.41. The van der Waals surface area contributed by atoms with Gasteiger partial charge in [0.25, 0.3) is 0 Å². The van der Waals surface area contributed by atoms with Crippen LogP contribution < -0.4 is 16.0 Å². The lowest BCUT2D eigenvalue weighted by molar-refractivity contribution is -0.137. The van der Waals surface area contributed by atoms with Crippen LogP contribution in [0, 0.1) is 0 Å². The average Bonchev–Trinajstić information content (AvgIpc) is 2.67. The smallest absolute Gasteiger partial charge is 0.379 e. The minimum absolute atomic E-state index is 0.186. The van der Waals surface area contributed by atoms with Crippen molar-refractivity contribution < 1.29 is 22.6 Å². The molecular weight excluding hydrogens is 375 g/mol. The van der Waals surface area contributed by atoms with Gasteiger partial charge in [-0.2, -0.15) is 13.2 Å². The third kappa shape index (κ3) is 10.3. The van der Waals surface area contributed by atoms with Crippen molar-refractivity contribution in [3.63, 3.8) is 0 Å². The van der Waals surface area contributed by atoms with E-state index >= 15 is 0 Å². The number of aromatic nitrogens is 1. The number of hydrogen-bond acceptors (Lipinski definition) is 5. The van der Waals surface area contributed by atoms with E-state index in [4.69, 9.17) is 9.47 Å². The summed E-state index contributed by atoms with van der Waals surface area (Å²) in [6, 6.07) is 2.26. The first kappa shape index (κ1) is 24.0. The number of nitrogens with one attached hydrogen (secondary N) is 3. The number of guanidine groups is 1. The molecule has 3 N–H and O–H groups in total. The zero-order valence-electron chi connectivity index (χ0n) is 16.4. The Labute approximate surface area is 164 Å². The van der Waals surface area contributed by atoms with Crippen molar-refractivity contribution in [2.24, 2.45) is 4.99 Å². The maximum absolute atomic E-state index is 12.9. The standard InChI is InChI=1S/C18H30F3N5O2/c1-3-4-11-27-13-14-28-12-10-26-17(22-2)25-9-8-24-16-15(18(19,20)21)6-5-7-23-16/h5-7H,3-4,8-14H2,1-2H3,(H,23,24)(H2,22,25,26). The molecule has 0 bridgehead atoms. The largest absolute Gasteiger partial charge is 0.419 e. The van der Waals surface area contributed by atoms with Gasteiger partial charge in [-0.15, -0.1) is 0 Å². The summed E-state index contributed by atoms with van der Waals surface area (Å²) < 4.78 is 49.5. The van der Waals surface area contributed by atoms with Crippen LogP contribution in [0.2, 0.25) is 0 Å². The molecular formula is C18H30F3N5O2. The molecule has 1 aromatic rings. The van der Waals surface area contributed by atoms with E-state index in [1.807, 2.05) is 0 Å². The van der Waals surface area contributed by atoms with Crippen molar-refractivity contribution in [2.75, 3.05) is 58.4 Å². The van der Waals surface area contributed by atoms with Crippen molar-refractivity contribution in [1.82, 2.24) is 15.6 Å². The van der Waals surface area contributed by atoms with Crippen LogP contribution in [0.15, 0.2) is 23.3 Å². The van der Waals surface area contributed by atoms with Gasteiger partial charge < -0.3 is 25.4 Å². The maximum atomic E-state index is 12.9. The van der Waals surface area contributed by atoms with Crippen molar-refractivity contribution >= 4 is 11.8 Å². The fraction of sp³-hybridized carbons (Fsp3) is 0.667. The van der Waals surface area contributed by atoms with E-state index in [-0.39, 0.29) is 12.4 Å². The average molecular weight is 405 g/mol. The number of alkyl halides is 3. The molecule has 0 amide bonds. The molecule has 0 radical (unpaired) electrons. The van der Waals surface area contributed by atoms with Gasteiger partial charge in [0.1, 0.15) is 5.82 Å². The molecule has 0 saturated heterocycles. The molecule has 10 heteroatoms. The third-order valence-electron chi connectivity index (χ3n) is 3.60. The van der Waals surface area contributed by atoms with E-state index < -0.39 is 11.7 Å². The normalized spacial score (nSPS) is 12.1. The summed E-state index contributed by atoms with van der Waals surface area (Å²) in [5.41, 5.74) is -0.784. The summed E-state index contributed by atoms with van der Waals surface area (Å²) in [4.78, 5) is 7.80. The minimum Gasteiger partial charge on any atom is -0.379 e. The molecule has 160 valence electrons. The van der Waals surface area contributed by atoms with Crippen LogP contribution in [0.1, 0.15) is 25.3 Å². The Morgan fingerprint density at radius 2 is 1.79 bits per heavy atom. The van der Waals surface area contributed by atoms with Gasteiger partial charge in [0.05, 0.1) is 25.4 Å². The molecule has 0 aliphatic rings. The van der Waals surface area contributed by atoms with Crippen LogP contribution in [0.5, 0.6) is 0 Å². The number of rotatable bonds is 13. The Balaban J connectivity index is 2.16. The first-order chi connectivity index (χ1) is 13.5. The predicted molar refractivity (Wildman–Crippen MR) is 104 cm³/mol. The van der Waals surface area contributed by atoms with Gasteiger partial charge in [0.15, 0.2) is 5.96 Å². The molecule has 0 saturated carbocycles. The summed E-state index contributed by atoms with van der Waals surface area (Å²) >= 11 is 0. The summed E-state index contributed by atoms with van der Waals surface area (Å²) in [6.07, 6.45) is -0.961. The number of nitrogens with zero attached hydrogens (tertiary/aromatic N) is 2. The molecule has 1 aromatic heterocycles. The van der Waals surface area contributed by atoms with Crippen LogP contribution in [0.25, 0.3) is 0 Å². The first-order valence-corrected chi connectivity index (χ1v) is 9.35. The van der Waals surface area contributed by atoms with Crippen LogP contribution in [-0.2, 0) is 15.7 Å². The summed E-state index contributed by atoms with van der Waals surface area (Å²) in [5.74, 6) is 0.357. The van der Waals surface area contributed by atoms with Crippen molar-refractivity contribution in [3.05, 3.63) is 23.9 Å². The number of halogens is 3. The topological polar surface area (TPSA) is 79.8 Å². The lowest BCUT2D eigenvalue weighted by Gasteiger charge is -2.15. The van der Waals surface area contributed by atoms with E-state index in [1.54, 1.807) is 7.05 Å². The van der Waals surface area contributed by atoms with Crippen molar-refractivity contribution in [1.29, 1.82) is 0 Å². The number of ether oxygens (including phenoxy) is 2. The fourth-order valence-corrected chi connectivity index (χ4v) is 2.17. The second kappa shape index (κ2) is 14.0. The molecule has 7 nitrogen and oxygen atoms in total. The molecule has 0 aliphatic carbocycles. The number of anilines is 1. The van der Waals surface area contributed by atoms with Gasteiger partial charge in [0, 0.05) is 39.5 Å². The van der Waals surface area contributed by atoms with E-state index in [0.717, 1.165) is 25.5 Å². The highest BCUT2D eigenvalue weighted by Gasteiger charge is 2.33. The van der Waals surface area contributed by atoms with E-state index in [1.165, 1.54) is 12.3 Å². The van der Waals surface area contributed by atoms with Gasteiger partial charge in [-0.3, -0.25) is 4.99 Å². The molecule has 1 heterocycles. The molecule has 0 fully saturated rings. The summed E-state index contributed by atoms with van der Waals surface area (Å²) in [5, 5.41) is 8.76. The number of pyridine rings is 1.